The highest BCUT2D eigenvalue weighted by Crippen LogP contribution is 1.82. The van der Waals surface area contributed by atoms with Crippen LogP contribution in [0.25, 0.3) is 0 Å². The number of aromatic nitrogens is 2. The zero-order valence-electron chi connectivity index (χ0n) is 8.12. The van der Waals surface area contributed by atoms with Crippen molar-refractivity contribution in [3.05, 3.63) is 43.2 Å². The minimum atomic E-state index is -0.935. The molecule has 0 aliphatic rings. The average molecular weight is 231 g/mol. The number of hydrogen-bond donors (Lipinski definition) is 1. The van der Waals surface area contributed by atoms with Crippen molar-refractivity contribution in [2.45, 2.75) is 6.73 Å². The highest BCUT2D eigenvalue weighted by molar-refractivity contribution is 4.81. The van der Waals surface area contributed by atoms with Gasteiger partial charge in [-0.15, -0.1) is 10.1 Å². The van der Waals surface area contributed by atoms with Crippen LogP contribution in [0.3, 0.4) is 0 Å². The van der Waals surface area contributed by atoms with Gasteiger partial charge in [-0.25, -0.2) is 4.79 Å². The van der Waals surface area contributed by atoms with Crippen LogP contribution in [0.2, 0.25) is 0 Å². The topological polar surface area (TPSA) is 116 Å². The van der Waals surface area contributed by atoms with E-state index in [-0.39, 0.29) is 19.9 Å². The number of nitrogens with zero attached hydrogens (tertiary/aromatic N) is 2. The SMILES string of the molecule is O=c1ccn(COCCO[N+](=O)[O-])c(=O)[nH]1. The molecule has 1 rings (SSSR count). The van der Waals surface area contributed by atoms with Gasteiger partial charge >= 0.3 is 5.69 Å². The molecule has 0 fully saturated rings. The van der Waals surface area contributed by atoms with Crippen molar-refractivity contribution in [2.75, 3.05) is 13.2 Å². The standard InChI is InChI=1S/C7H9N3O6/c11-6-1-2-9(7(12)8-6)5-15-3-4-16-10(13)14/h1-2H,3-5H2,(H,8,11,12). The van der Waals surface area contributed by atoms with Crippen LogP contribution in [0.4, 0.5) is 0 Å². The largest absolute Gasteiger partial charge is 0.359 e. The molecule has 1 N–H and O–H groups in total. The molecule has 88 valence electrons. The Morgan fingerprint density at radius 3 is 2.81 bits per heavy atom. The van der Waals surface area contributed by atoms with Crippen LogP contribution in [0.1, 0.15) is 0 Å². The van der Waals surface area contributed by atoms with E-state index >= 15 is 0 Å². The third-order valence-corrected chi connectivity index (χ3v) is 1.55. The Hall–Kier alpha value is -2.16. The van der Waals surface area contributed by atoms with Gasteiger partial charge in [0.15, 0.2) is 0 Å². The van der Waals surface area contributed by atoms with Crippen molar-refractivity contribution in [2.24, 2.45) is 0 Å². The fourth-order valence-electron chi connectivity index (χ4n) is 0.880. The Balaban J connectivity index is 2.35. The van der Waals surface area contributed by atoms with Crippen LogP contribution in [0.15, 0.2) is 21.9 Å². The lowest BCUT2D eigenvalue weighted by Gasteiger charge is -2.05. The van der Waals surface area contributed by atoms with Gasteiger partial charge in [-0.3, -0.25) is 14.3 Å². The molecule has 0 aliphatic heterocycles. The number of nitrogens with one attached hydrogen (secondary N) is 1. The number of H-pyrrole nitrogens is 1. The minimum absolute atomic E-state index is 0.0352. The number of hydrogen-bond acceptors (Lipinski definition) is 6. The van der Waals surface area contributed by atoms with Gasteiger partial charge in [0.1, 0.15) is 13.3 Å². The van der Waals surface area contributed by atoms with Crippen LogP contribution in [0, 0.1) is 10.1 Å². The van der Waals surface area contributed by atoms with Crippen molar-refractivity contribution in [3.63, 3.8) is 0 Å². The fourth-order valence-corrected chi connectivity index (χ4v) is 0.880. The molecule has 0 amide bonds. The molecule has 0 aromatic carbocycles. The van der Waals surface area contributed by atoms with Gasteiger partial charge in [0.2, 0.25) is 0 Å². The van der Waals surface area contributed by atoms with E-state index in [1.54, 1.807) is 0 Å². The monoisotopic (exact) mass is 231 g/mol. The van der Waals surface area contributed by atoms with E-state index in [9.17, 15) is 19.7 Å². The highest BCUT2D eigenvalue weighted by Gasteiger charge is 1.97. The minimum Gasteiger partial charge on any atom is -0.359 e. The average Bonchev–Trinajstić information content (AvgIpc) is 2.20. The summed E-state index contributed by atoms with van der Waals surface area (Å²) in [5, 5.41) is 8.82. The Morgan fingerprint density at radius 1 is 1.44 bits per heavy atom. The number of aromatic amines is 1. The summed E-state index contributed by atoms with van der Waals surface area (Å²) in [7, 11) is 0. The molecule has 0 saturated heterocycles. The third-order valence-electron chi connectivity index (χ3n) is 1.55. The first-order valence-electron chi connectivity index (χ1n) is 4.24. The van der Waals surface area contributed by atoms with Crippen LogP contribution in [-0.2, 0) is 16.3 Å². The van der Waals surface area contributed by atoms with E-state index in [0.717, 1.165) is 10.6 Å². The zero-order chi connectivity index (χ0) is 12.0. The number of rotatable bonds is 6. The fraction of sp³-hybridized carbons (Fsp3) is 0.429. The highest BCUT2D eigenvalue weighted by atomic mass is 17.0. The molecule has 16 heavy (non-hydrogen) atoms. The lowest BCUT2D eigenvalue weighted by atomic mass is 10.6. The van der Waals surface area contributed by atoms with E-state index in [1.807, 2.05) is 4.98 Å². The second-order valence-electron chi connectivity index (χ2n) is 2.67. The van der Waals surface area contributed by atoms with Crippen molar-refractivity contribution in [3.8, 4) is 0 Å². The van der Waals surface area contributed by atoms with Gasteiger partial charge < -0.3 is 9.57 Å². The zero-order valence-corrected chi connectivity index (χ0v) is 8.12. The molecule has 0 saturated carbocycles. The molecule has 0 bridgehead atoms. The van der Waals surface area contributed by atoms with Crippen LogP contribution >= 0.6 is 0 Å². The molecule has 0 atom stereocenters. The summed E-state index contributed by atoms with van der Waals surface area (Å²) in [6, 6.07) is 1.16. The predicted octanol–water partition coefficient (Wildman–Crippen LogP) is -1.28. The lowest BCUT2D eigenvalue weighted by Crippen LogP contribution is -2.29. The maximum atomic E-state index is 11.1. The van der Waals surface area contributed by atoms with E-state index in [4.69, 9.17) is 4.74 Å². The van der Waals surface area contributed by atoms with E-state index < -0.39 is 16.3 Å². The Morgan fingerprint density at radius 2 is 2.19 bits per heavy atom. The second kappa shape index (κ2) is 5.66. The molecule has 0 radical (unpaired) electrons. The smallest absolute Gasteiger partial charge is 0.330 e. The van der Waals surface area contributed by atoms with E-state index in [1.165, 1.54) is 6.20 Å². The molecule has 1 aromatic rings. The van der Waals surface area contributed by atoms with Gasteiger partial charge in [-0.2, -0.15) is 0 Å². The first-order valence-corrected chi connectivity index (χ1v) is 4.24. The van der Waals surface area contributed by atoms with E-state index in [2.05, 4.69) is 4.84 Å². The summed E-state index contributed by atoms with van der Waals surface area (Å²) in [5.41, 5.74) is -1.11. The molecular weight excluding hydrogens is 222 g/mol. The second-order valence-corrected chi connectivity index (χ2v) is 2.67. The van der Waals surface area contributed by atoms with Crippen molar-refractivity contribution in [1.29, 1.82) is 0 Å². The molecule has 1 heterocycles. The molecule has 9 heteroatoms. The van der Waals surface area contributed by atoms with Gasteiger partial charge in [-0.05, 0) is 0 Å². The Kier molecular flexibility index (Phi) is 4.21. The summed E-state index contributed by atoms with van der Waals surface area (Å²) in [6.07, 6.45) is 1.26. The predicted molar refractivity (Wildman–Crippen MR) is 50.2 cm³/mol. The molecular formula is C7H9N3O6. The van der Waals surface area contributed by atoms with Gasteiger partial charge in [-0.1, -0.05) is 0 Å². The van der Waals surface area contributed by atoms with E-state index in [0.29, 0.717) is 0 Å². The molecule has 9 nitrogen and oxygen atoms in total. The van der Waals surface area contributed by atoms with Crippen molar-refractivity contribution < 1.29 is 14.7 Å². The number of ether oxygens (including phenoxy) is 1. The summed E-state index contributed by atoms with van der Waals surface area (Å²) in [5.74, 6) is 0. The quantitative estimate of drug-likeness (QED) is 0.370. The maximum Gasteiger partial charge on any atom is 0.330 e. The van der Waals surface area contributed by atoms with Gasteiger partial charge in [0, 0.05) is 12.3 Å². The van der Waals surface area contributed by atoms with Crippen molar-refractivity contribution in [1.82, 2.24) is 9.55 Å². The molecule has 0 aliphatic carbocycles. The summed E-state index contributed by atoms with van der Waals surface area (Å²) in [6.45, 7) is -0.367. The van der Waals surface area contributed by atoms with Crippen LogP contribution in [0.5, 0.6) is 0 Å². The first kappa shape index (κ1) is 11.9. The molecule has 0 spiro atoms. The van der Waals surface area contributed by atoms with Crippen LogP contribution in [-0.4, -0.2) is 27.9 Å². The normalized spacial score (nSPS) is 10.0. The summed E-state index contributed by atoms with van der Waals surface area (Å²) in [4.78, 5) is 37.6. The van der Waals surface area contributed by atoms with Gasteiger partial charge in [0.25, 0.3) is 10.6 Å². The Labute approximate surface area is 88.3 Å². The van der Waals surface area contributed by atoms with Crippen LogP contribution < -0.4 is 11.2 Å². The maximum absolute atomic E-state index is 11.1. The van der Waals surface area contributed by atoms with Crippen molar-refractivity contribution >= 4 is 0 Å². The summed E-state index contributed by atoms with van der Waals surface area (Å²) < 4.78 is 6.01. The first-order chi connectivity index (χ1) is 7.59. The van der Waals surface area contributed by atoms with Gasteiger partial charge in [0.05, 0.1) is 6.61 Å². The Bertz CT molecular complexity index is 464. The summed E-state index contributed by atoms with van der Waals surface area (Å²) >= 11 is 0. The molecule has 0 unspecified atom stereocenters. The third kappa shape index (κ3) is 3.92. The molecule has 1 aromatic heterocycles. The lowest BCUT2D eigenvalue weighted by molar-refractivity contribution is -0.758.